The number of nitrogens with zero attached hydrogens (tertiary/aromatic N) is 4. The van der Waals surface area contributed by atoms with E-state index in [2.05, 4.69) is 36.4 Å². The summed E-state index contributed by atoms with van der Waals surface area (Å²) in [6, 6.07) is 11.4. The van der Waals surface area contributed by atoms with Gasteiger partial charge in [-0.05, 0) is 43.5 Å². The summed E-state index contributed by atoms with van der Waals surface area (Å²) in [5.74, 6) is 1.64. The van der Waals surface area contributed by atoms with Crippen molar-refractivity contribution in [3.8, 4) is 11.4 Å². The molecular weight excluding hydrogens is 376 g/mol. The molecule has 3 heterocycles. The third-order valence-corrected chi connectivity index (χ3v) is 5.26. The molecule has 144 valence electrons. The zero-order valence-electron chi connectivity index (χ0n) is 15.5. The number of aromatic amines is 1. The zero-order chi connectivity index (χ0) is 19.5. The summed E-state index contributed by atoms with van der Waals surface area (Å²) in [6.07, 6.45) is 3.40. The number of rotatable bonds is 4. The molecule has 1 fully saturated rings. The number of amides is 1. The molecule has 1 saturated heterocycles. The zero-order valence-corrected chi connectivity index (χ0v) is 16.3. The van der Waals surface area contributed by atoms with Gasteiger partial charge in [-0.15, -0.1) is 5.10 Å². The van der Waals surface area contributed by atoms with Gasteiger partial charge in [0, 0.05) is 30.8 Å². The largest absolute Gasteiger partial charge is 0.357 e. The Morgan fingerprint density at radius 1 is 1.21 bits per heavy atom. The first kappa shape index (κ1) is 18.4. The molecule has 0 saturated carbocycles. The molecular formula is C20H21ClN6O. The number of aromatic nitrogens is 4. The minimum atomic E-state index is -0.0658. The van der Waals surface area contributed by atoms with E-state index in [-0.39, 0.29) is 17.8 Å². The third kappa shape index (κ3) is 3.99. The van der Waals surface area contributed by atoms with Gasteiger partial charge in [0.2, 0.25) is 11.9 Å². The number of anilines is 2. The van der Waals surface area contributed by atoms with Crippen molar-refractivity contribution < 1.29 is 4.79 Å². The Hall–Kier alpha value is -2.93. The van der Waals surface area contributed by atoms with Crippen molar-refractivity contribution in [2.75, 3.05) is 23.3 Å². The highest BCUT2D eigenvalue weighted by molar-refractivity contribution is 6.33. The summed E-state index contributed by atoms with van der Waals surface area (Å²) in [7, 11) is 0. The van der Waals surface area contributed by atoms with Gasteiger partial charge in [-0.25, -0.2) is 4.98 Å². The summed E-state index contributed by atoms with van der Waals surface area (Å²) in [5, 5.41) is 10.3. The molecule has 2 aromatic heterocycles. The Labute approximate surface area is 168 Å². The molecule has 1 aliphatic heterocycles. The van der Waals surface area contributed by atoms with E-state index in [0.717, 1.165) is 42.9 Å². The number of aryl methyl sites for hydroxylation is 1. The number of halogens is 1. The lowest BCUT2D eigenvalue weighted by Crippen LogP contribution is -2.38. The van der Waals surface area contributed by atoms with Crippen molar-refractivity contribution in [3.05, 3.63) is 53.2 Å². The summed E-state index contributed by atoms with van der Waals surface area (Å²) in [5.41, 5.74) is 1.89. The summed E-state index contributed by atoms with van der Waals surface area (Å²) >= 11 is 6.18. The van der Waals surface area contributed by atoms with Crippen LogP contribution in [0.15, 0.2) is 42.6 Å². The first-order valence-corrected chi connectivity index (χ1v) is 9.64. The van der Waals surface area contributed by atoms with Crippen molar-refractivity contribution in [3.63, 3.8) is 0 Å². The Kier molecular flexibility index (Phi) is 5.25. The maximum absolute atomic E-state index is 12.6. The molecule has 2 N–H and O–H groups in total. The Balaban J connectivity index is 1.35. The molecule has 8 heteroatoms. The molecule has 0 bridgehead atoms. The van der Waals surface area contributed by atoms with E-state index in [1.807, 2.05) is 37.4 Å². The Bertz CT molecular complexity index is 963. The average Bonchev–Trinajstić information content (AvgIpc) is 3.17. The summed E-state index contributed by atoms with van der Waals surface area (Å²) in [6.45, 7) is 3.62. The molecule has 0 radical (unpaired) electrons. The van der Waals surface area contributed by atoms with Crippen LogP contribution in [-0.2, 0) is 4.79 Å². The van der Waals surface area contributed by atoms with Crippen LogP contribution in [0, 0.1) is 12.8 Å². The van der Waals surface area contributed by atoms with Crippen molar-refractivity contribution in [2.24, 2.45) is 5.92 Å². The maximum Gasteiger partial charge on any atom is 0.249 e. The normalized spacial score (nSPS) is 14.9. The van der Waals surface area contributed by atoms with Gasteiger partial charge in [0.15, 0.2) is 5.82 Å². The Morgan fingerprint density at radius 2 is 2.00 bits per heavy atom. The summed E-state index contributed by atoms with van der Waals surface area (Å²) in [4.78, 5) is 23.6. The number of H-pyrrole nitrogens is 1. The third-order valence-electron chi connectivity index (χ3n) is 4.93. The fraction of sp³-hybridized carbons (Fsp3) is 0.300. The van der Waals surface area contributed by atoms with Crippen LogP contribution in [0.4, 0.5) is 11.8 Å². The van der Waals surface area contributed by atoms with E-state index in [4.69, 9.17) is 11.6 Å². The highest BCUT2D eigenvalue weighted by atomic mass is 35.5. The van der Waals surface area contributed by atoms with Crippen LogP contribution < -0.4 is 10.2 Å². The first-order chi connectivity index (χ1) is 13.6. The van der Waals surface area contributed by atoms with Gasteiger partial charge in [-0.2, -0.15) is 4.98 Å². The van der Waals surface area contributed by atoms with Crippen LogP contribution >= 0.6 is 11.6 Å². The molecule has 0 spiro atoms. The van der Waals surface area contributed by atoms with Crippen LogP contribution in [-0.4, -0.2) is 39.2 Å². The van der Waals surface area contributed by atoms with Crippen molar-refractivity contribution in [1.82, 2.24) is 20.2 Å². The van der Waals surface area contributed by atoms with Gasteiger partial charge in [0.05, 0.1) is 5.02 Å². The smallest absolute Gasteiger partial charge is 0.249 e. The topological polar surface area (TPSA) is 86.8 Å². The molecule has 7 nitrogen and oxygen atoms in total. The fourth-order valence-corrected chi connectivity index (χ4v) is 3.55. The standard InChI is InChI=1S/C20H21ClN6O/c1-13-6-7-17(22-12-13)27-10-8-14(9-11-27)19(28)24-20-23-18(25-26-20)15-4-2-3-5-16(15)21/h2-7,12,14H,8-11H2,1H3,(H2,23,24,25,26,28). The molecule has 3 aromatic rings. The quantitative estimate of drug-likeness (QED) is 0.702. The van der Waals surface area contributed by atoms with Gasteiger partial charge >= 0.3 is 0 Å². The summed E-state index contributed by atoms with van der Waals surface area (Å²) < 4.78 is 0. The van der Waals surface area contributed by atoms with E-state index in [0.29, 0.717) is 10.8 Å². The van der Waals surface area contributed by atoms with E-state index >= 15 is 0 Å². The van der Waals surface area contributed by atoms with Gasteiger partial charge in [-0.3, -0.25) is 15.2 Å². The lowest BCUT2D eigenvalue weighted by atomic mass is 9.96. The number of nitrogens with one attached hydrogen (secondary N) is 2. The number of benzene rings is 1. The average molecular weight is 397 g/mol. The molecule has 1 aromatic carbocycles. The predicted octanol–water partition coefficient (Wildman–Crippen LogP) is 3.68. The van der Waals surface area contributed by atoms with Gasteiger partial charge in [0.25, 0.3) is 0 Å². The van der Waals surface area contributed by atoms with Gasteiger partial charge in [0.1, 0.15) is 5.82 Å². The van der Waals surface area contributed by atoms with E-state index < -0.39 is 0 Å². The number of carbonyl (C=O) groups excluding carboxylic acids is 1. The number of hydrogen-bond donors (Lipinski definition) is 2. The van der Waals surface area contributed by atoms with Crippen LogP contribution in [0.3, 0.4) is 0 Å². The van der Waals surface area contributed by atoms with Crippen LogP contribution in [0.1, 0.15) is 18.4 Å². The second-order valence-corrected chi connectivity index (χ2v) is 7.34. The van der Waals surface area contributed by atoms with Crippen molar-refractivity contribution in [1.29, 1.82) is 0 Å². The second-order valence-electron chi connectivity index (χ2n) is 6.93. The molecule has 28 heavy (non-hydrogen) atoms. The molecule has 0 atom stereocenters. The van der Waals surface area contributed by atoms with Gasteiger partial charge in [-0.1, -0.05) is 29.8 Å². The molecule has 0 aliphatic carbocycles. The fourth-order valence-electron chi connectivity index (χ4n) is 3.32. The molecule has 4 rings (SSSR count). The minimum Gasteiger partial charge on any atom is -0.357 e. The van der Waals surface area contributed by atoms with Crippen LogP contribution in [0.25, 0.3) is 11.4 Å². The van der Waals surface area contributed by atoms with Crippen LogP contribution in [0.2, 0.25) is 5.02 Å². The van der Waals surface area contributed by atoms with Crippen LogP contribution in [0.5, 0.6) is 0 Å². The van der Waals surface area contributed by atoms with Crippen molar-refractivity contribution >= 4 is 29.3 Å². The number of carbonyl (C=O) groups is 1. The van der Waals surface area contributed by atoms with E-state index in [1.54, 1.807) is 6.07 Å². The number of hydrogen-bond acceptors (Lipinski definition) is 5. The van der Waals surface area contributed by atoms with E-state index in [9.17, 15) is 4.79 Å². The SMILES string of the molecule is Cc1ccc(N2CCC(C(=O)Nc3n[nH]c(-c4ccccc4Cl)n3)CC2)nc1. The predicted molar refractivity (Wildman–Crippen MR) is 109 cm³/mol. The lowest BCUT2D eigenvalue weighted by Gasteiger charge is -2.31. The molecule has 0 unspecified atom stereocenters. The Morgan fingerprint density at radius 3 is 2.71 bits per heavy atom. The maximum atomic E-state index is 12.6. The highest BCUT2D eigenvalue weighted by Gasteiger charge is 2.26. The molecule has 1 aliphatic rings. The molecule has 1 amide bonds. The number of piperidine rings is 1. The second kappa shape index (κ2) is 7.98. The minimum absolute atomic E-state index is 0.0544. The highest BCUT2D eigenvalue weighted by Crippen LogP contribution is 2.26. The van der Waals surface area contributed by atoms with Crippen molar-refractivity contribution in [2.45, 2.75) is 19.8 Å². The number of pyridine rings is 1. The lowest BCUT2D eigenvalue weighted by molar-refractivity contribution is -0.120. The van der Waals surface area contributed by atoms with Gasteiger partial charge < -0.3 is 4.90 Å². The van der Waals surface area contributed by atoms with E-state index in [1.165, 1.54) is 0 Å². The first-order valence-electron chi connectivity index (χ1n) is 9.26. The monoisotopic (exact) mass is 396 g/mol.